The SMILES string of the molecule is CCN1CC[C@@H](C(=O)N2Cc3cnc(C(C)(C)C)nc3C2)C1. The molecule has 0 radical (unpaired) electrons. The third-order valence-corrected chi connectivity index (χ3v) is 4.71. The molecule has 1 aromatic rings. The van der Waals surface area contributed by atoms with Crippen LogP contribution in [0.4, 0.5) is 0 Å². The molecular formula is C17H26N4O. The smallest absolute Gasteiger partial charge is 0.227 e. The van der Waals surface area contributed by atoms with Gasteiger partial charge in [-0.1, -0.05) is 27.7 Å². The molecule has 22 heavy (non-hydrogen) atoms. The second kappa shape index (κ2) is 5.61. The summed E-state index contributed by atoms with van der Waals surface area (Å²) in [7, 11) is 0. The van der Waals surface area contributed by atoms with Crippen LogP contribution in [-0.2, 0) is 23.3 Å². The Morgan fingerprint density at radius 1 is 1.36 bits per heavy atom. The zero-order valence-corrected chi connectivity index (χ0v) is 14.1. The second-order valence-electron chi connectivity index (χ2n) is 7.49. The molecule has 2 aliphatic rings. The molecule has 5 heteroatoms. The van der Waals surface area contributed by atoms with Crippen molar-refractivity contribution in [2.75, 3.05) is 19.6 Å². The molecule has 1 amide bonds. The highest BCUT2D eigenvalue weighted by atomic mass is 16.2. The number of likely N-dealkylation sites (tertiary alicyclic amines) is 1. The topological polar surface area (TPSA) is 49.3 Å². The summed E-state index contributed by atoms with van der Waals surface area (Å²) in [6.45, 7) is 12.8. The van der Waals surface area contributed by atoms with Crippen LogP contribution < -0.4 is 0 Å². The number of hydrogen-bond acceptors (Lipinski definition) is 4. The van der Waals surface area contributed by atoms with Crippen LogP contribution in [0.1, 0.15) is 51.2 Å². The fourth-order valence-corrected chi connectivity index (χ4v) is 3.25. The number of hydrogen-bond donors (Lipinski definition) is 0. The summed E-state index contributed by atoms with van der Waals surface area (Å²) in [5.41, 5.74) is 2.07. The lowest BCUT2D eigenvalue weighted by molar-refractivity contribution is -0.135. The first-order valence-electron chi connectivity index (χ1n) is 8.25. The van der Waals surface area contributed by atoms with Crippen LogP contribution in [0.2, 0.25) is 0 Å². The summed E-state index contributed by atoms with van der Waals surface area (Å²) < 4.78 is 0. The quantitative estimate of drug-likeness (QED) is 0.838. The Morgan fingerprint density at radius 3 is 2.77 bits per heavy atom. The fraction of sp³-hybridized carbons (Fsp3) is 0.706. The maximum Gasteiger partial charge on any atom is 0.227 e. The van der Waals surface area contributed by atoms with Gasteiger partial charge in [0.25, 0.3) is 0 Å². The van der Waals surface area contributed by atoms with Gasteiger partial charge in [0.2, 0.25) is 5.91 Å². The molecule has 1 aromatic heterocycles. The summed E-state index contributed by atoms with van der Waals surface area (Å²) >= 11 is 0. The molecular weight excluding hydrogens is 276 g/mol. The molecule has 120 valence electrons. The number of carbonyl (C=O) groups excluding carboxylic acids is 1. The summed E-state index contributed by atoms with van der Waals surface area (Å²) in [6, 6.07) is 0. The number of rotatable bonds is 2. The number of fused-ring (bicyclic) bond motifs is 1. The fourth-order valence-electron chi connectivity index (χ4n) is 3.25. The maximum atomic E-state index is 12.7. The van der Waals surface area contributed by atoms with Gasteiger partial charge in [-0.15, -0.1) is 0 Å². The van der Waals surface area contributed by atoms with Crippen molar-refractivity contribution in [1.82, 2.24) is 19.8 Å². The summed E-state index contributed by atoms with van der Waals surface area (Å²) in [5, 5.41) is 0. The highest BCUT2D eigenvalue weighted by molar-refractivity contribution is 5.80. The third kappa shape index (κ3) is 2.86. The number of aromatic nitrogens is 2. The van der Waals surface area contributed by atoms with Crippen LogP contribution in [0.5, 0.6) is 0 Å². The van der Waals surface area contributed by atoms with Gasteiger partial charge in [-0.3, -0.25) is 4.79 Å². The van der Waals surface area contributed by atoms with Crippen molar-refractivity contribution in [1.29, 1.82) is 0 Å². The summed E-state index contributed by atoms with van der Waals surface area (Å²) in [5.74, 6) is 1.30. The Kier molecular flexibility index (Phi) is 3.93. The first kappa shape index (κ1) is 15.4. The van der Waals surface area contributed by atoms with E-state index in [2.05, 4.69) is 37.6 Å². The highest BCUT2D eigenvalue weighted by Gasteiger charge is 2.34. The molecule has 1 fully saturated rings. The molecule has 3 heterocycles. The van der Waals surface area contributed by atoms with Gasteiger partial charge in [0, 0.05) is 30.3 Å². The molecule has 1 atom stereocenters. The van der Waals surface area contributed by atoms with Gasteiger partial charge in [0.05, 0.1) is 18.2 Å². The van der Waals surface area contributed by atoms with Crippen LogP contribution in [0, 0.1) is 5.92 Å². The van der Waals surface area contributed by atoms with Crippen LogP contribution in [0.25, 0.3) is 0 Å². The maximum absolute atomic E-state index is 12.7. The van der Waals surface area contributed by atoms with Gasteiger partial charge in [-0.25, -0.2) is 9.97 Å². The molecule has 0 unspecified atom stereocenters. The van der Waals surface area contributed by atoms with E-state index in [4.69, 9.17) is 4.98 Å². The first-order chi connectivity index (χ1) is 10.4. The largest absolute Gasteiger partial charge is 0.332 e. The van der Waals surface area contributed by atoms with E-state index in [1.807, 2.05) is 11.1 Å². The van der Waals surface area contributed by atoms with E-state index in [-0.39, 0.29) is 17.2 Å². The average Bonchev–Trinajstić information content (AvgIpc) is 3.11. The molecule has 0 bridgehead atoms. The van der Waals surface area contributed by atoms with Crippen LogP contribution >= 0.6 is 0 Å². The van der Waals surface area contributed by atoms with Crippen molar-refractivity contribution >= 4 is 5.91 Å². The minimum Gasteiger partial charge on any atom is -0.332 e. The van der Waals surface area contributed by atoms with Crippen LogP contribution in [-0.4, -0.2) is 45.3 Å². The van der Waals surface area contributed by atoms with Gasteiger partial charge >= 0.3 is 0 Å². The Balaban J connectivity index is 1.70. The van der Waals surface area contributed by atoms with Crippen LogP contribution in [0.3, 0.4) is 0 Å². The van der Waals surface area contributed by atoms with Gasteiger partial charge in [0.15, 0.2) is 0 Å². The monoisotopic (exact) mass is 302 g/mol. The van der Waals surface area contributed by atoms with E-state index in [9.17, 15) is 4.79 Å². The summed E-state index contributed by atoms with van der Waals surface area (Å²) in [4.78, 5) is 26.2. The lowest BCUT2D eigenvalue weighted by Crippen LogP contribution is -2.33. The number of nitrogens with zero attached hydrogens (tertiary/aromatic N) is 4. The molecule has 0 spiro atoms. The zero-order chi connectivity index (χ0) is 15.9. The number of amides is 1. The predicted octanol–water partition coefficient (Wildman–Crippen LogP) is 1.96. The number of carbonyl (C=O) groups is 1. The Hall–Kier alpha value is -1.49. The van der Waals surface area contributed by atoms with E-state index in [1.165, 1.54) is 0 Å². The van der Waals surface area contributed by atoms with Gasteiger partial charge < -0.3 is 9.80 Å². The molecule has 0 aliphatic carbocycles. The van der Waals surface area contributed by atoms with Gasteiger partial charge in [-0.05, 0) is 19.5 Å². The van der Waals surface area contributed by atoms with Crippen molar-refractivity contribution in [3.8, 4) is 0 Å². The van der Waals surface area contributed by atoms with E-state index in [1.54, 1.807) is 0 Å². The molecule has 2 aliphatic heterocycles. The summed E-state index contributed by atoms with van der Waals surface area (Å²) in [6.07, 6.45) is 2.89. The lowest BCUT2D eigenvalue weighted by atomic mass is 9.95. The Bertz CT molecular complexity index is 579. The Labute approximate surface area is 132 Å². The van der Waals surface area contributed by atoms with Crippen molar-refractivity contribution in [3.63, 3.8) is 0 Å². The van der Waals surface area contributed by atoms with Crippen molar-refractivity contribution in [2.45, 2.75) is 52.6 Å². The van der Waals surface area contributed by atoms with Crippen LogP contribution in [0.15, 0.2) is 6.20 Å². The van der Waals surface area contributed by atoms with E-state index in [0.29, 0.717) is 13.1 Å². The molecule has 0 N–H and O–H groups in total. The lowest BCUT2D eigenvalue weighted by Gasteiger charge is -2.20. The van der Waals surface area contributed by atoms with E-state index >= 15 is 0 Å². The normalized spacial score (nSPS) is 22.2. The van der Waals surface area contributed by atoms with Crippen molar-refractivity contribution in [3.05, 3.63) is 23.3 Å². The molecule has 3 rings (SSSR count). The predicted molar refractivity (Wildman–Crippen MR) is 85.2 cm³/mol. The highest BCUT2D eigenvalue weighted by Crippen LogP contribution is 2.27. The van der Waals surface area contributed by atoms with Crippen molar-refractivity contribution in [2.24, 2.45) is 5.92 Å². The standard InChI is InChI=1S/C17H26N4O/c1-5-20-7-6-12(9-20)15(22)21-10-13-8-18-16(17(2,3)4)19-14(13)11-21/h8,12H,5-7,9-11H2,1-4H3/t12-/m1/s1. The van der Waals surface area contributed by atoms with Gasteiger partial charge in [-0.2, -0.15) is 0 Å². The molecule has 5 nitrogen and oxygen atoms in total. The second-order valence-corrected chi connectivity index (χ2v) is 7.49. The molecule has 0 saturated carbocycles. The Morgan fingerprint density at radius 2 is 2.14 bits per heavy atom. The molecule has 0 aromatic carbocycles. The van der Waals surface area contributed by atoms with Gasteiger partial charge in [0.1, 0.15) is 5.82 Å². The minimum atomic E-state index is -0.0560. The van der Waals surface area contributed by atoms with Crippen molar-refractivity contribution < 1.29 is 4.79 Å². The first-order valence-corrected chi connectivity index (χ1v) is 8.25. The third-order valence-electron chi connectivity index (χ3n) is 4.71. The van der Waals surface area contributed by atoms with E-state index in [0.717, 1.165) is 43.1 Å². The minimum absolute atomic E-state index is 0.0560. The molecule has 1 saturated heterocycles. The average molecular weight is 302 g/mol. The zero-order valence-electron chi connectivity index (χ0n) is 14.1. The van der Waals surface area contributed by atoms with E-state index < -0.39 is 0 Å².